The monoisotopic (exact) mass is 258 g/mol. The van der Waals surface area contributed by atoms with E-state index in [1.165, 1.54) is 0 Å². The molecule has 1 aromatic carbocycles. The molecule has 0 radical (unpaired) electrons. The van der Waals surface area contributed by atoms with Crippen LogP contribution >= 0.6 is 0 Å². The summed E-state index contributed by atoms with van der Waals surface area (Å²) in [4.78, 5) is 13.7. The fraction of sp³-hybridized carbons (Fsp3) is 0.500. The van der Waals surface area contributed by atoms with E-state index in [1.807, 2.05) is 30.3 Å². The zero-order valence-corrected chi connectivity index (χ0v) is 12.0. The molecule has 0 aliphatic rings. The van der Waals surface area contributed by atoms with Crippen molar-refractivity contribution in [3.63, 3.8) is 0 Å². The van der Waals surface area contributed by atoms with Crippen molar-refractivity contribution in [2.24, 2.45) is 11.8 Å². The molecule has 1 unspecified atom stereocenters. The average molecular weight is 258 g/mol. The van der Waals surface area contributed by atoms with Crippen LogP contribution in [0.5, 0.6) is 0 Å². The zero-order valence-electron chi connectivity index (χ0n) is 12.0. The highest BCUT2D eigenvalue weighted by atomic mass is 16.2. The summed E-state index contributed by atoms with van der Waals surface area (Å²) in [6.07, 6.45) is 1.93. The first-order chi connectivity index (χ1) is 9.04. The minimum Gasteiger partial charge on any atom is -0.316 e. The van der Waals surface area contributed by atoms with Gasteiger partial charge in [-0.2, -0.15) is 5.26 Å². The molecular weight excluding hydrogens is 236 g/mol. The first-order valence-electron chi connectivity index (χ1n) is 6.75. The predicted molar refractivity (Wildman–Crippen MR) is 77.6 cm³/mol. The van der Waals surface area contributed by atoms with Gasteiger partial charge in [0.2, 0.25) is 5.91 Å². The summed E-state index contributed by atoms with van der Waals surface area (Å²) in [5.74, 6) is 0.537. The lowest BCUT2D eigenvalue weighted by Crippen LogP contribution is -2.26. The molecule has 0 fully saturated rings. The first-order valence-corrected chi connectivity index (χ1v) is 6.75. The van der Waals surface area contributed by atoms with E-state index in [9.17, 15) is 4.79 Å². The van der Waals surface area contributed by atoms with Crippen LogP contribution in [0.15, 0.2) is 30.3 Å². The van der Waals surface area contributed by atoms with E-state index in [4.69, 9.17) is 5.26 Å². The Kier molecular flexibility index (Phi) is 6.08. The van der Waals surface area contributed by atoms with Crippen LogP contribution in [0.1, 0.15) is 33.1 Å². The molecule has 0 aliphatic heterocycles. The molecule has 102 valence electrons. The van der Waals surface area contributed by atoms with Gasteiger partial charge >= 0.3 is 0 Å². The Labute approximate surface area is 115 Å². The van der Waals surface area contributed by atoms with Gasteiger partial charge in [0.25, 0.3) is 0 Å². The molecule has 0 saturated heterocycles. The first kappa shape index (κ1) is 15.2. The second kappa shape index (κ2) is 7.58. The Bertz CT molecular complexity index is 434. The molecular formula is C16H22N2O. The van der Waals surface area contributed by atoms with Gasteiger partial charge in [0.05, 0.1) is 6.07 Å². The molecule has 0 aliphatic carbocycles. The van der Waals surface area contributed by atoms with Gasteiger partial charge in [0, 0.05) is 25.1 Å². The molecule has 1 rings (SSSR count). The summed E-state index contributed by atoms with van der Waals surface area (Å²) in [7, 11) is 1.78. The molecule has 19 heavy (non-hydrogen) atoms. The summed E-state index contributed by atoms with van der Waals surface area (Å²) in [6.45, 7) is 4.20. The number of nitriles is 1. The molecule has 1 aromatic rings. The minimum atomic E-state index is -0.0203. The lowest BCUT2D eigenvalue weighted by molar-refractivity contribution is -0.118. The van der Waals surface area contributed by atoms with Crippen LogP contribution in [-0.2, 0) is 4.79 Å². The Balaban J connectivity index is 2.49. The van der Waals surface area contributed by atoms with E-state index in [-0.39, 0.29) is 11.8 Å². The quantitative estimate of drug-likeness (QED) is 0.782. The number of hydrogen-bond acceptors (Lipinski definition) is 2. The maximum Gasteiger partial charge on any atom is 0.226 e. The Hall–Kier alpha value is -1.82. The van der Waals surface area contributed by atoms with Crippen LogP contribution in [0.25, 0.3) is 0 Å². The molecule has 1 amide bonds. The smallest absolute Gasteiger partial charge is 0.226 e. The maximum atomic E-state index is 12.1. The predicted octanol–water partition coefficient (Wildman–Crippen LogP) is 3.62. The molecule has 0 aromatic heterocycles. The topological polar surface area (TPSA) is 44.1 Å². The number of carbonyl (C=O) groups excluding carboxylic acids is 1. The number of anilines is 1. The van der Waals surface area contributed by atoms with Gasteiger partial charge in [-0.3, -0.25) is 4.79 Å². The Morgan fingerprint density at radius 3 is 2.47 bits per heavy atom. The molecule has 3 nitrogen and oxygen atoms in total. The lowest BCUT2D eigenvalue weighted by atomic mass is 9.94. The molecule has 0 heterocycles. The number of carbonyl (C=O) groups is 1. The maximum absolute atomic E-state index is 12.1. The highest BCUT2D eigenvalue weighted by molar-refractivity contribution is 5.92. The van der Waals surface area contributed by atoms with Crippen molar-refractivity contribution in [2.45, 2.75) is 33.1 Å². The second-order valence-electron chi connectivity index (χ2n) is 5.28. The number of nitrogens with zero attached hydrogens (tertiary/aromatic N) is 2. The fourth-order valence-electron chi connectivity index (χ4n) is 2.07. The van der Waals surface area contributed by atoms with Gasteiger partial charge in [-0.25, -0.2) is 0 Å². The third-order valence-electron chi connectivity index (χ3n) is 3.16. The van der Waals surface area contributed by atoms with Crippen molar-refractivity contribution in [3.8, 4) is 6.07 Å². The van der Waals surface area contributed by atoms with E-state index in [2.05, 4.69) is 19.9 Å². The zero-order chi connectivity index (χ0) is 14.3. The average Bonchev–Trinajstić information content (AvgIpc) is 2.42. The van der Waals surface area contributed by atoms with Crippen molar-refractivity contribution in [1.82, 2.24) is 0 Å². The number of amides is 1. The fourth-order valence-corrected chi connectivity index (χ4v) is 2.07. The molecule has 0 saturated carbocycles. The van der Waals surface area contributed by atoms with Gasteiger partial charge < -0.3 is 4.90 Å². The van der Waals surface area contributed by atoms with Gasteiger partial charge in [0.15, 0.2) is 0 Å². The second-order valence-corrected chi connectivity index (χ2v) is 5.28. The van der Waals surface area contributed by atoms with E-state index >= 15 is 0 Å². The number of hydrogen-bond donors (Lipinski definition) is 0. The van der Waals surface area contributed by atoms with Crippen LogP contribution in [-0.4, -0.2) is 13.0 Å². The Morgan fingerprint density at radius 1 is 1.32 bits per heavy atom. The standard InChI is InChI=1S/C16H22N2O/c1-13(2)11-14(12-17)9-10-16(19)18(3)15-7-5-4-6-8-15/h4-8,13-14H,9-11H2,1-3H3. The van der Waals surface area contributed by atoms with Crippen molar-refractivity contribution >= 4 is 11.6 Å². The van der Waals surface area contributed by atoms with Crippen molar-refractivity contribution in [3.05, 3.63) is 30.3 Å². The van der Waals surface area contributed by atoms with Crippen molar-refractivity contribution in [1.29, 1.82) is 5.26 Å². The summed E-state index contributed by atoms with van der Waals surface area (Å²) >= 11 is 0. The van der Waals surface area contributed by atoms with Crippen LogP contribution in [0.4, 0.5) is 5.69 Å². The number of benzene rings is 1. The lowest BCUT2D eigenvalue weighted by Gasteiger charge is -2.18. The molecule has 3 heteroatoms. The summed E-state index contributed by atoms with van der Waals surface area (Å²) in [5.41, 5.74) is 0.893. The highest BCUT2D eigenvalue weighted by Gasteiger charge is 2.15. The van der Waals surface area contributed by atoms with Gasteiger partial charge in [-0.1, -0.05) is 32.0 Å². The number of rotatable bonds is 6. The minimum absolute atomic E-state index is 0.0203. The molecule has 1 atom stereocenters. The van der Waals surface area contributed by atoms with Crippen molar-refractivity contribution < 1.29 is 4.79 Å². The normalized spacial score (nSPS) is 11.9. The van der Waals surface area contributed by atoms with E-state index in [0.29, 0.717) is 18.8 Å². The van der Waals surface area contributed by atoms with Crippen LogP contribution in [0.2, 0.25) is 0 Å². The van der Waals surface area contributed by atoms with Crippen LogP contribution in [0.3, 0.4) is 0 Å². The molecule has 0 bridgehead atoms. The van der Waals surface area contributed by atoms with Crippen molar-refractivity contribution in [2.75, 3.05) is 11.9 Å². The van der Waals surface area contributed by atoms with E-state index in [0.717, 1.165) is 12.1 Å². The summed E-state index contributed by atoms with van der Waals surface area (Å²) in [5, 5.41) is 9.07. The van der Waals surface area contributed by atoms with Gasteiger partial charge in [-0.05, 0) is 30.9 Å². The largest absolute Gasteiger partial charge is 0.316 e. The molecule has 0 spiro atoms. The third kappa shape index (κ3) is 5.13. The van der Waals surface area contributed by atoms with Crippen LogP contribution < -0.4 is 4.90 Å². The highest BCUT2D eigenvalue weighted by Crippen LogP contribution is 2.18. The van der Waals surface area contributed by atoms with Gasteiger partial charge in [-0.15, -0.1) is 0 Å². The number of para-hydroxylation sites is 1. The SMILES string of the molecule is CC(C)CC(C#N)CCC(=O)N(C)c1ccccc1. The van der Waals surface area contributed by atoms with Crippen LogP contribution in [0, 0.1) is 23.2 Å². The Morgan fingerprint density at radius 2 is 1.95 bits per heavy atom. The molecule has 0 N–H and O–H groups in total. The van der Waals surface area contributed by atoms with Gasteiger partial charge in [0.1, 0.15) is 0 Å². The van der Waals surface area contributed by atoms with E-state index in [1.54, 1.807) is 11.9 Å². The summed E-state index contributed by atoms with van der Waals surface area (Å²) < 4.78 is 0. The van der Waals surface area contributed by atoms with E-state index < -0.39 is 0 Å². The third-order valence-corrected chi connectivity index (χ3v) is 3.16. The summed E-state index contributed by atoms with van der Waals surface area (Å²) in [6, 6.07) is 11.9.